The van der Waals surface area contributed by atoms with Crippen LogP contribution in [0.1, 0.15) is 18.9 Å². The molecular weight excluding hydrogens is 246 g/mol. The Morgan fingerprint density at radius 3 is 2.44 bits per heavy atom. The van der Waals surface area contributed by atoms with Crippen molar-refractivity contribution < 1.29 is 0 Å². The molecule has 2 rings (SSSR count). The van der Waals surface area contributed by atoms with Gasteiger partial charge in [-0.15, -0.1) is 0 Å². The first kappa shape index (κ1) is 13.7. The molecule has 2 N–H and O–H groups in total. The summed E-state index contributed by atoms with van der Waals surface area (Å²) in [5.74, 6) is 0. The number of benzene rings is 1. The van der Waals surface area contributed by atoms with Crippen LogP contribution in [0.2, 0.25) is 5.02 Å². The van der Waals surface area contributed by atoms with Crippen LogP contribution in [-0.2, 0) is 6.54 Å². The molecule has 1 fully saturated rings. The number of nitrogen functional groups attached to an aromatic ring is 1. The van der Waals surface area contributed by atoms with E-state index >= 15 is 0 Å². The second kappa shape index (κ2) is 6.41. The largest absolute Gasteiger partial charge is 0.398 e. The van der Waals surface area contributed by atoms with Crippen molar-refractivity contribution in [3.63, 3.8) is 0 Å². The average Bonchev–Trinajstić information content (AvgIpc) is 2.37. The van der Waals surface area contributed by atoms with Gasteiger partial charge >= 0.3 is 0 Å². The van der Waals surface area contributed by atoms with Gasteiger partial charge in [0.05, 0.1) is 10.7 Å². The van der Waals surface area contributed by atoms with E-state index in [4.69, 9.17) is 17.3 Å². The lowest BCUT2D eigenvalue weighted by Gasteiger charge is -2.34. The lowest BCUT2D eigenvalue weighted by Crippen LogP contribution is -2.45. The van der Waals surface area contributed by atoms with Crippen molar-refractivity contribution in [2.24, 2.45) is 0 Å². The van der Waals surface area contributed by atoms with Crippen molar-refractivity contribution in [1.82, 2.24) is 9.80 Å². The normalized spacial score (nSPS) is 18.1. The molecule has 4 heteroatoms. The van der Waals surface area contributed by atoms with E-state index in [1.54, 1.807) is 0 Å². The first-order valence-corrected chi connectivity index (χ1v) is 7.05. The monoisotopic (exact) mass is 267 g/mol. The van der Waals surface area contributed by atoms with E-state index in [9.17, 15) is 0 Å². The maximum Gasteiger partial charge on any atom is 0.0638 e. The summed E-state index contributed by atoms with van der Waals surface area (Å²) in [5.41, 5.74) is 7.63. The number of piperazine rings is 1. The third-order valence-electron chi connectivity index (χ3n) is 3.48. The minimum Gasteiger partial charge on any atom is -0.398 e. The fraction of sp³-hybridized carbons (Fsp3) is 0.571. The Labute approximate surface area is 115 Å². The Kier molecular flexibility index (Phi) is 4.87. The number of anilines is 1. The van der Waals surface area contributed by atoms with Crippen LogP contribution >= 0.6 is 11.6 Å². The first-order valence-electron chi connectivity index (χ1n) is 6.67. The lowest BCUT2D eigenvalue weighted by molar-refractivity contribution is 0.127. The summed E-state index contributed by atoms with van der Waals surface area (Å²) in [7, 11) is 0. The molecule has 1 saturated heterocycles. The standard InChI is InChI=1S/C14H22ClN3/c1-2-5-17-6-8-18(9-7-17)11-12-3-4-14(16)13(15)10-12/h3-4,10H,2,5-9,11,16H2,1H3. The average molecular weight is 268 g/mol. The second-order valence-electron chi connectivity index (χ2n) is 4.97. The highest BCUT2D eigenvalue weighted by Gasteiger charge is 2.16. The molecule has 1 aliphatic rings. The van der Waals surface area contributed by atoms with Gasteiger partial charge in [-0.05, 0) is 30.7 Å². The first-order chi connectivity index (χ1) is 8.69. The van der Waals surface area contributed by atoms with E-state index < -0.39 is 0 Å². The van der Waals surface area contributed by atoms with E-state index in [1.165, 1.54) is 31.6 Å². The van der Waals surface area contributed by atoms with Gasteiger partial charge in [0.25, 0.3) is 0 Å². The molecule has 18 heavy (non-hydrogen) atoms. The zero-order chi connectivity index (χ0) is 13.0. The van der Waals surface area contributed by atoms with Crippen molar-refractivity contribution in [2.75, 3.05) is 38.5 Å². The third-order valence-corrected chi connectivity index (χ3v) is 3.80. The van der Waals surface area contributed by atoms with Crippen LogP contribution in [0.15, 0.2) is 18.2 Å². The molecule has 0 atom stereocenters. The number of halogens is 1. The highest BCUT2D eigenvalue weighted by Crippen LogP contribution is 2.20. The second-order valence-corrected chi connectivity index (χ2v) is 5.38. The summed E-state index contributed by atoms with van der Waals surface area (Å²) in [4.78, 5) is 5.01. The molecule has 0 radical (unpaired) electrons. The molecule has 1 heterocycles. The maximum atomic E-state index is 6.04. The number of rotatable bonds is 4. The molecule has 0 unspecified atom stereocenters. The van der Waals surface area contributed by atoms with Crippen molar-refractivity contribution in [3.8, 4) is 0 Å². The number of hydrogen-bond acceptors (Lipinski definition) is 3. The lowest BCUT2D eigenvalue weighted by atomic mass is 10.2. The fourth-order valence-electron chi connectivity index (χ4n) is 2.41. The van der Waals surface area contributed by atoms with Gasteiger partial charge in [0.1, 0.15) is 0 Å². The number of nitrogens with two attached hydrogens (primary N) is 1. The fourth-order valence-corrected chi connectivity index (χ4v) is 2.62. The van der Waals surface area contributed by atoms with Crippen molar-refractivity contribution in [2.45, 2.75) is 19.9 Å². The molecule has 3 nitrogen and oxygen atoms in total. The van der Waals surface area contributed by atoms with Crippen LogP contribution in [0.4, 0.5) is 5.69 Å². The molecule has 0 amide bonds. The Balaban J connectivity index is 1.85. The van der Waals surface area contributed by atoms with Gasteiger partial charge in [0.15, 0.2) is 0 Å². The number of hydrogen-bond donors (Lipinski definition) is 1. The van der Waals surface area contributed by atoms with E-state index in [0.29, 0.717) is 10.7 Å². The van der Waals surface area contributed by atoms with Crippen LogP contribution in [0.25, 0.3) is 0 Å². The van der Waals surface area contributed by atoms with Gasteiger partial charge in [0, 0.05) is 32.7 Å². The molecule has 100 valence electrons. The molecule has 0 aromatic heterocycles. The van der Waals surface area contributed by atoms with Crippen LogP contribution in [0, 0.1) is 0 Å². The van der Waals surface area contributed by atoms with Crippen LogP contribution in [0.5, 0.6) is 0 Å². The smallest absolute Gasteiger partial charge is 0.0638 e. The summed E-state index contributed by atoms with van der Waals surface area (Å²) in [5, 5.41) is 0.664. The maximum absolute atomic E-state index is 6.04. The predicted octanol–water partition coefficient (Wildman–Crippen LogP) is 2.45. The highest BCUT2D eigenvalue weighted by atomic mass is 35.5. The van der Waals surface area contributed by atoms with Gasteiger partial charge in [0.2, 0.25) is 0 Å². The highest BCUT2D eigenvalue weighted by molar-refractivity contribution is 6.33. The SMILES string of the molecule is CCCN1CCN(Cc2ccc(N)c(Cl)c2)CC1. The molecule has 1 aromatic rings. The van der Waals surface area contributed by atoms with E-state index in [2.05, 4.69) is 22.8 Å². The van der Waals surface area contributed by atoms with E-state index in [0.717, 1.165) is 19.6 Å². The molecule has 1 aliphatic heterocycles. The van der Waals surface area contributed by atoms with Crippen LogP contribution in [0.3, 0.4) is 0 Å². The van der Waals surface area contributed by atoms with Gasteiger partial charge in [-0.3, -0.25) is 4.90 Å². The molecule has 1 aromatic carbocycles. The topological polar surface area (TPSA) is 32.5 Å². The molecule has 0 bridgehead atoms. The Hall–Kier alpha value is -0.770. The minimum atomic E-state index is 0.660. The zero-order valence-corrected chi connectivity index (χ0v) is 11.8. The Morgan fingerprint density at radius 1 is 1.17 bits per heavy atom. The van der Waals surface area contributed by atoms with Gasteiger partial charge in [-0.25, -0.2) is 0 Å². The minimum absolute atomic E-state index is 0.660. The predicted molar refractivity (Wildman–Crippen MR) is 77.9 cm³/mol. The quantitative estimate of drug-likeness (QED) is 0.851. The van der Waals surface area contributed by atoms with Gasteiger partial charge in [-0.2, -0.15) is 0 Å². The van der Waals surface area contributed by atoms with Gasteiger partial charge < -0.3 is 10.6 Å². The summed E-state index contributed by atoms with van der Waals surface area (Å²) in [6, 6.07) is 5.94. The van der Waals surface area contributed by atoms with Crippen molar-refractivity contribution in [3.05, 3.63) is 28.8 Å². The molecule has 0 aliphatic carbocycles. The molecule has 0 spiro atoms. The Bertz CT molecular complexity index is 387. The zero-order valence-electron chi connectivity index (χ0n) is 11.0. The number of nitrogens with zero attached hydrogens (tertiary/aromatic N) is 2. The summed E-state index contributed by atoms with van der Waals surface area (Å²) < 4.78 is 0. The summed E-state index contributed by atoms with van der Waals surface area (Å²) in [6.07, 6.45) is 1.24. The molecular formula is C14H22ClN3. The van der Waals surface area contributed by atoms with Crippen molar-refractivity contribution >= 4 is 17.3 Å². The Morgan fingerprint density at radius 2 is 1.83 bits per heavy atom. The summed E-state index contributed by atoms with van der Waals surface area (Å²) in [6.45, 7) is 9.07. The third kappa shape index (κ3) is 3.61. The van der Waals surface area contributed by atoms with E-state index in [1.807, 2.05) is 12.1 Å². The van der Waals surface area contributed by atoms with E-state index in [-0.39, 0.29) is 0 Å². The van der Waals surface area contributed by atoms with Crippen molar-refractivity contribution in [1.29, 1.82) is 0 Å². The van der Waals surface area contributed by atoms with Crippen LogP contribution in [-0.4, -0.2) is 42.5 Å². The van der Waals surface area contributed by atoms with Crippen LogP contribution < -0.4 is 5.73 Å². The molecule has 0 saturated carbocycles. The summed E-state index contributed by atoms with van der Waals surface area (Å²) >= 11 is 6.04. The van der Waals surface area contributed by atoms with Gasteiger partial charge in [-0.1, -0.05) is 24.6 Å².